The molecule has 0 radical (unpaired) electrons. The maximum absolute atomic E-state index is 13.0. The van der Waals surface area contributed by atoms with E-state index in [-0.39, 0.29) is 18.5 Å². The Morgan fingerprint density at radius 1 is 0.549 bits per heavy atom. The molecule has 6 N–H and O–H groups in total. The minimum Gasteiger partial charge on any atom is -0.466 e. The number of allylic oxidation sites excluding steroid dienone is 9. The van der Waals surface area contributed by atoms with Gasteiger partial charge in [0.1, 0.15) is 24.4 Å². The van der Waals surface area contributed by atoms with E-state index >= 15 is 0 Å². The van der Waals surface area contributed by atoms with E-state index in [1.54, 1.807) is 6.08 Å². The van der Waals surface area contributed by atoms with Gasteiger partial charge < -0.3 is 45.1 Å². The molecule has 11 heteroatoms. The van der Waals surface area contributed by atoms with Gasteiger partial charge in [0.15, 0.2) is 6.29 Å². The van der Waals surface area contributed by atoms with Crippen LogP contribution in [0.1, 0.15) is 245 Å². The van der Waals surface area contributed by atoms with Crippen molar-refractivity contribution in [2.24, 2.45) is 0 Å². The van der Waals surface area contributed by atoms with Gasteiger partial charge in [-0.2, -0.15) is 0 Å². The van der Waals surface area contributed by atoms with Crippen molar-refractivity contribution in [3.8, 4) is 0 Å². The smallest absolute Gasteiger partial charge is 0.305 e. The lowest BCUT2D eigenvalue weighted by atomic mass is 9.99. The predicted octanol–water partition coefficient (Wildman–Crippen LogP) is 13.1. The van der Waals surface area contributed by atoms with Crippen LogP contribution in [0.15, 0.2) is 60.8 Å². The first-order chi connectivity index (χ1) is 34.7. The van der Waals surface area contributed by atoms with Crippen molar-refractivity contribution in [1.82, 2.24) is 5.32 Å². The Hall–Kier alpha value is -2.64. The van der Waals surface area contributed by atoms with E-state index < -0.39 is 49.5 Å². The Morgan fingerprint density at radius 2 is 1.01 bits per heavy atom. The molecule has 1 aliphatic rings. The summed E-state index contributed by atoms with van der Waals surface area (Å²) in [5.41, 5.74) is 0. The topological polar surface area (TPSA) is 175 Å². The summed E-state index contributed by atoms with van der Waals surface area (Å²) < 4.78 is 16.6. The summed E-state index contributed by atoms with van der Waals surface area (Å²) >= 11 is 0. The second-order valence-electron chi connectivity index (χ2n) is 20.0. The maximum Gasteiger partial charge on any atom is 0.305 e. The quantitative estimate of drug-likeness (QED) is 0.0149. The van der Waals surface area contributed by atoms with Gasteiger partial charge in [-0.1, -0.05) is 209 Å². The van der Waals surface area contributed by atoms with Gasteiger partial charge in [0.25, 0.3) is 0 Å². The number of nitrogens with one attached hydrogen (secondary N) is 1. The molecule has 1 rings (SSSR count). The number of esters is 1. The van der Waals surface area contributed by atoms with Crippen molar-refractivity contribution in [3.05, 3.63) is 60.8 Å². The monoisotopic (exact) mass is 1000 g/mol. The van der Waals surface area contributed by atoms with E-state index in [2.05, 4.69) is 54.8 Å². The number of amides is 1. The van der Waals surface area contributed by atoms with E-state index in [0.29, 0.717) is 25.9 Å². The van der Waals surface area contributed by atoms with Gasteiger partial charge in [-0.25, -0.2) is 0 Å². The third-order valence-corrected chi connectivity index (χ3v) is 13.5. The van der Waals surface area contributed by atoms with Crippen LogP contribution >= 0.6 is 0 Å². The van der Waals surface area contributed by atoms with Crippen LogP contribution in [0.25, 0.3) is 0 Å². The number of aliphatic hydroxyl groups excluding tert-OH is 5. The van der Waals surface area contributed by atoms with Crippen LogP contribution in [-0.2, 0) is 23.8 Å². The molecule has 0 aromatic heterocycles. The first kappa shape index (κ1) is 66.4. The molecule has 71 heavy (non-hydrogen) atoms. The minimum atomic E-state index is -1.58. The molecule has 0 spiro atoms. The first-order valence-electron chi connectivity index (χ1n) is 29.0. The number of carbonyl (C=O) groups excluding carboxylic acids is 2. The average molecular weight is 1000 g/mol. The molecule has 7 atom stereocenters. The number of hydrogen-bond donors (Lipinski definition) is 6. The van der Waals surface area contributed by atoms with Gasteiger partial charge >= 0.3 is 5.97 Å². The summed E-state index contributed by atoms with van der Waals surface area (Å²) in [4.78, 5) is 25.0. The standard InChI is InChI=1S/C60H107NO10/c1-3-5-7-9-11-13-14-15-21-25-28-32-36-40-44-48-56(65)69-49-45-41-37-33-29-26-23-20-18-16-17-19-22-24-27-31-35-39-43-47-55(64)61-52(53(63)46-42-38-34-30-12-10-8-6-4-2)51-70-60-59(68)58(67)57(66)54(50-62)71-60/h4,6,12,20,23,26,29-30,42,46,52-54,57-60,62-63,66-68H,3,5,7-11,13-19,21-22,24-25,27-28,31-41,43-45,47-51H2,1-2H3,(H,61,64)/b6-4+,23-20-,29-26-,30-12+,46-42+. The molecule has 11 nitrogen and oxygen atoms in total. The zero-order valence-corrected chi connectivity index (χ0v) is 45.2. The van der Waals surface area contributed by atoms with E-state index in [1.165, 1.54) is 122 Å². The molecule has 0 aromatic rings. The van der Waals surface area contributed by atoms with Crippen molar-refractivity contribution < 1.29 is 49.3 Å². The SMILES string of the molecule is C/C=C/CC/C=C/CC/C=C/C(O)C(COC1OC(CO)C(O)C(O)C1O)NC(=O)CCCCCCCCCCCC/C=C\C=C/CCCCCOC(=O)CCCCCCCCCCCCCCCCC. The van der Waals surface area contributed by atoms with E-state index in [9.17, 15) is 35.1 Å². The van der Waals surface area contributed by atoms with Gasteiger partial charge in [0, 0.05) is 12.8 Å². The summed E-state index contributed by atoms with van der Waals surface area (Å²) in [6.07, 6.45) is 53.5. The van der Waals surface area contributed by atoms with Gasteiger partial charge in [-0.3, -0.25) is 9.59 Å². The molecule has 0 bridgehead atoms. The highest BCUT2D eigenvalue weighted by atomic mass is 16.7. The fraction of sp³-hybridized carbons (Fsp3) is 0.800. The lowest BCUT2D eigenvalue weighted by molar-refractivity contribution is -0.302. The van der Waals surface area contributed by atoms with Crippen LogP contribution in [0.4, 0.5) is 0 Å². The third kappa shape index (κ3) is 39.5. The predicted molar refractivity (Wildman–Crippen MR) is 292 cm³/mol. The second-order valence-corrected chi connectivity index (χ2v) is 20.0. The highest BCUT2D eigenvalue weighted by Crippen LogP contribution is 2.23. The lowest BCUT2D eigenvalue weighted by Crippen LogP contribution is -2.60. The fourth-order valence-electron chi connectivity index (χ4n) is 8.82. The molecular weight excluding hydrogens is 895 g/mol. The molecule has 412 valence electrons. The zero-order valence-electron chi connectivity index (χ0n) is 45.2. The number of ether oxygens (including phenoxy) is 3. The van der Waals surface area contributed by atoms with Crippen LogP contribution in [0.3, 0.4) is 0 Å². The summed E-state index contributed by atoms with van der Waals surface area (Å²) in [6.45, 7) is 4.03. The molecule has 1 saturated heterocycles. The van der Waals surface area contributed by atoms with Gasteiger partial charge in [0.05, 0.1) is 32.0 Å². The number of unbranched alkanes of at least 4 members (excludes halogenated alkanes) is 29. The Morgan fingerprint density at radius 3 is 1.54 bits per heavy atom. The molecule has 1 fully saturated rings. The van der Waals surface area contributed by atoms with Gasteiger partial charge in [-0.15, -0.1) is 0 Å². The van der Waals surface area contributed by atoms with Crippen molar-refractivity contribution in [3.63, 3.8) is 0 Å². The van der Waals surface area contributed by atoms with E-state index in [1.807, 2.05) is 19.1 Å². The molecule has 1 heterocycles. The van der Waals surface area contributed by atoms with Crippen LogP contribution in [0.5, 0.6) is 0 Å². The Bertz CT molecular complexity index is 1360. The van der Waals surface area contributed by atoms with Crippen LogP contribution in [0.2, 0.25) is 0 Å². The molecule has 0 aromatic carbocycles. The number of rotatable bonds is 49. The van der Waals surface area contributed by atoms with E-state index in [0.717, 1.165) is 89.9 Å². The zero-order chi connectivity index (χ0) is 51.7. The first-order valence-corrected chi connectivity index (χ1v) is 29.0. The Labute approximate surface area is 433 Å². The van der Waals surface area contributed by atoms with E-state index in [4.69, 9.17) is 14.2 Å². The molecule has 0 aliphatic carbocycles. The number of hydrogen-bond acceptors (Lipinski definition) is 10. The second kappa shape index (κ2) is 49.6. The number of carbonyl (C=O) groups is 2. The number of aliphatic hydroxyl groups is 5. The molecule has 1 amide bonds. The highest BCUT2D eigenvalue weighted by molar-refractivity contribution is 5.76. The molecule has 1 aliphatic heterocycles. The molecular formula is C60H107NO10. The average Bonchev–Trinajstić information content (AvgIpc) is 3.37. The highest BCUT2D eigenvalue weighted by Gasteiger charge is 2.44. The lowest BCUT2D eigenvalue weighted by Gasteiger charge is -2.40. The minimum absolute atomic E-state index is 0.0273. The summed E-state index contributed by atoms with van der Waals surface area (Å²) in [7, 11) is 0. The Balaban J connectivity index is 2.06. The normalized spacial score (nSPS) is 19.6. The van der Waals surface area contributed by atoms with Crippen LogP contribution < -0.4 is 5.32 Å². The maximum atomic E-state index is 13.0. The van der Waals surface area contributed by atoms with Crippen molar-refractivity contribution >= 4 is 11.9 Å². The van der Waals surface area contributed by atoms with Crippen LogP contribution in [-0.4, -0.2) is 100 Å². The summed E-state index contributed by atoms with van der Waals surface area (Å²) in [5.74, 6) is -0.238. The van der Waals surface area contributed by atoms with Crippen LogP contribution in [0, 0.1) is 0 Å². The molecule has 0 saturated carbocycles. The van der Waals surface area contributed by atoms with Crippen molar-refractivity contribution in [2.45, 2.75) is 288 Å². The van der Waals surface area contributed by atoms with Crippen molar-refractivity contribution in [2.75, 3.05) is 19.8 Å². The Kier molecular flexibility index (Phi) is 46.3. The largest absolute Gasteiger partial charge is 0.466 e. The van der Waals surface area contributed by atoms with Gasteiger partial charge in [0.2, 0.25) is 5.91 Å². The fourth-order valence-corrected chi connectivity index (χ4v) is 8.82. The third-order valence-electron chi connectivity index (χ3n) is 13.5. The molecule has 7 unspecified atom stereocenters. The summed E-state index contributed by atoms with van der Waals surface area (Å²) in [5, 5.41) is 54.1. The van der Waals surface area contributed by atoms with Crippen molar-refractivity contribution in [1.29, 1.82) is 0 Å². The summed E-state index contributed by atoms with van der Waals surface area (Å²) in [6, 6.07) is -0.842. The van der Waals surface area contributed by atoms with Gasteiger partial charge in [-0.05, 0) is 84.0 Å².